The SMILES string of the molecule is CC(C)[C@@H]1CC[C@]2(C)CC[C@]3(C)[C@H](CC[C@@H]4[C@]5(C)C/C(=C/O)C(=O)C(C)(C)[C@@H]5CC[C@@]43C)[C@@H]12. The number of ketones is 1. The number of hydrogen-bond acceptors (Lipinski definition) is 2. The van der Waals surface area contributed by atoms with Gasteiger partial charge in [0.1, 0.15) is 0 Å². The highest BCUT2D eigenvalue weighted by atomic mass is 16.2. The third-order valence-corrected chi connectivity index (χ3v) is 13.5. The second-order valence-corrected chi connectivity index (χ2v) is 15.2. The molecule has 5 fully saturated rings. The minimum absolute atomic E-state index is 0.0980. The molecule has 2 heteroatoms. The molecule has 0 aromatic carbocycles. The van der Waals surface area contributed by atoms with Crippen molar-refractivity contribution < 1.29 is 9.90 Å². The largest absolute Gasteiger partial charge is 0.515 e. The maximum atomic E-state index is 13.2. The molecule has 33 heavy (non-hydrogen) atoms. The second kappa shape index (κ2) is 7.13. The number of carbonyl (C=O) groups is 1. The topological polar surface area (TPSA) is 37.3 Å². The molecule has 5 aliphatic carbocycles. The standard InChI is InChI=1S/C31H50O2/c1-19(2)21-11-13-28(5)15-16-30(7)22(25(21)28)9-10-24-29(6)17-20(18-32)26(33)27(3,4)23(29)12-14-31(24,30)8/h18-19,21-25,32H,9-17H2,1-8H3/b20-18-/t21-,22+,23-,24+,25+,28+,29+,30+,31-/m0/s1. The van der Waals surface area contributed by atoms with Crippen molar-refractivity contribution in [2.24, 2.45) is 62.6 Å². The molecule has 0 unspecified atom stereocenters. The lowest BCUT2D eigenvalue weighted by Crippen LogP contribution is -2.66. The third-order valence-electron chi connectivity index (χ3n) is 13.5. The van der Waals surface area contributed by atoms with Crippen molar-refractivity contribution in [2.45, 2.75) is 113 Å². The van der Waals surface area contributed by atoms with Crippen molar-refractivity contribution in [1.29, 1.82) is 0 Å². The Morgan fingerprint density at radius 2 is 1.55 bits per heavy atom. The lowest BCUT2D eigenvalue weighted by molar-refractivity contribution is -0.230. The first-order valence-electron chi connectivity index (χ1n) is 14.1. The normalized spacial score (nSPS) is 54.5. The van der Waals surface area contributed by atoms with Crippen LogP contribution in [0.3, 0.4) is 0 Å². The number of fused-ring (bicyclic) bond motifs is 7. The fourth-order valence-electron chi connectivity index (χ4n) is 11.7. The summed E-state index contributed by atoms with van der Waals surface area (Å²) in [6.07, 6.45) is 12.7. The Kier molecular flexibility index (Phi) is 5.17. The average Bonchev–Trinajstić information content (AvgIpc) is 3.09. The van der Waals surface area contributed by atoms with E-state index in [4.69, 9.17) is 0 Å². The monoisotopic (exact) mass is 454 g/mol. The van der Waals surface area contributed by atoms with Crippen molar-refractivity contribution in [3.8, 4) is 0 Å². The molecule has 2 nitrogen and oxygen atoms in total. The first kappa shape index (κ1) is 23.9. The van der Waals surface area contributed by atoms with Crippen molar-refractivity contribution in [2.75, 3.05) is 0 Å². The van der Waals surface area contributed by atoms with Crippen molar-refractivity contribution in [3.05, 3.63) is 11.8 Å². The van der Waals surface area contributed by atoms with Crippen LogP contribution in [-0.4, -0.2) is 10.9 Å². The van der Waals surface area contributed by atoms with E-state index < -0.39 is 0 Å². The van der Waals surface area contributed by atoms with Gasteiger partial charge in [0, 0.05) is 11.0 Å². The Balaban J connectivity index is 1.57. The van der Waals surface area contributed by atoms with Gasteiger partial charge in [0.25, 0.3) is 0 Å². The summed E-state index contributed by atoms with van der Waals surface area (Å²) in [6.45, 7) is 19.8. The molecule has 0 bridgehead atoms. The van der Waals surface area contributed by atoms with E-state index in [1.165, 1.54) is 51.4 Å². The van der Waals surface area contributed by atoms with Crippen LogP contribution in [0.1, 0.15) is 113 Å². The van der Waals surface area contributed by atoms with Gasteiger partial charge in [0.05, 0.1) is 6.26 Å². The summed E-state index contributed by atoms with van der Waals surface area (Å²) in [7, 11) is 0. The van der Waals surface area contributed by atoms with Gasteiger partial charge in [-0.3, -0.25) is 4.79 Å². The molecular formula is C31H50O2. The van der Waals surface area contributed by atoms with Crippen molar-refractivity contribution >= 4 is 5.78 Å². The van der Waals surface area contributed by atoms with E-state index in [-0.39, 0.29) is 16.6 Å². The smallest absolute Gasteiger partial charge is 0.167 e. The van der Waals surface area contributed by atoms with Crippen LogP contribution in [-0.2, 0) is 4.79 Å². The van der Waals surface area contributed by atoms with Gasteiger partial charge in [-0.2, -0.15) is 0 Å². The molecule has 0 spiro atoms. The van der Waals surface area contributed by atoms with Gasteiger partial charge in [-0.25, -0.2) is 0 Å². The van der Waals surface area contributed by atoms with Gasteiger partial charge >= 0.3 is 0 Å². The number of carbonyl (C=O) groups excluding carboxylic acids is 1. The van der Waals surface area contributed by atoms with Crippen LogP contribution in [0.2, 0.25) is 0 Å². The summed E-state index contributed by atoms with van der Waals surface area (Å²) in [4.78, 5) is 13.2. The lowest BCUT2D eigenvalue weighted by Gasteiger charge is -2.72. The summed E-state index contributed by atoms with van der Waals surface area (Å²) in [5.74, 6) is 4.66. The maximum absolute atomic E-state index is 13.2. The van der Waals surface area contributed by atoms with Crippen LogP contribution in [0.4, 0.5) is 0 Å². The molecule has 9 atom stereocenters. The van der Waals surface area contributed by atoms with Crippen LogP contribution < -0.4 is 0 Å². The Morgan fingerprint density at radius 1 is 0.848 bits per heavy atom. The number of Topliss-reactive ketones (excluding diaryl/α,β-unsaturated/α-hetero) is 1. The second-order valence-electron chi connectivity index (χ2n) is 15.2. The number of aliphatic hydroxyl groups is 1. The van der Waals surface area contributed by atoms with Crippen LogP contribution in [0, 0.1) is 62.6 Å². The van der Waals surface area contributed by atoms with E-state index in [1.54, 1.807) is 0 Å². The van der Waals surface area contributed by atoms with Gasteiger partial charge in [-0.15, -0.1) is 0 Å². The van der Waals surface area contributed by atoms with Crippen molar-refractivity contribution in [1.82, 2.24) is 0 Å². The van der Waals surface area contributed by atoms with Gasteiger partial charge < -0.3 is 5.11 Å². The zero-order chi connectivity index (χ0) is 24.2. The van der Waals surface area contributed by atoms with E-state index in [1.807, 2.05) is 0 Å². The molecule has 5 rings (SSSR count). The summed E-state index contributed by atoms with van der Waals surface area (Å²) in [5.41, 5.74) is 1.67. The number of allylic oxidation sites excluding steroid dienone is 1. The molecule has 0 amide bonds. The number of aliphatic hydroxyl groups excluding tert-OH is 1. The molecule has 0 aliphatic heterocycles. The highest BCUT2D eigenvalue weighted by Crippen LogP contribution is 2.77. The molecule has 0 radical (unpaired) electrons. The average molecular weight is 455 g/mol. The molecule has 5 aliphatic rings. The van der Waals surface area contributed by atoms with Crippen LogP contribution in [0.15, 0.2) is 11.8 Å². The molecule has 186 valence electrons. The summed E-state index contributed by atoms with van der Waals surface area (Å²) in [6, 6.07) is 0. The van der Waals surface area contributed by atoms with Gasteiger partial charge in [-0.1, -0.05) is 55.4 Å². The number of hydrogen-bond donors (Lipinski definition) is 1. The van der Waals surface area contributed by atoms with E-state index in [9.17, 15) is 9.90 Å². The van der Waals surface area contributed by atoms with E-state index in [0.29, 0.717) is 33.7 Å². The van der Waals surface area contributed by atoms with Crippen molar-refractivity contribution in [3.63, 3.8) is 0 Å². The Hall–Kier alpha value is -0.790. The van der Waals surface area contributed by atoms with E-state index in [0.717, 1.165) is 36.4 Å². The maximum Gasteiger partial charge on any atom is 0.167 e. The van der Waals surface area contributed by atoms with Gasteiger partial charge in [0.2, 0.25) is 0 Å². The fourth-order valence-corrected chi connectivity index (χ4v) is 11.7. The Morgan fingerprint density at radius 3 is 2.18 bits per heavy atom. The number of rotatable bonds is 1. The Labute approximate surface area is 203 Å². The van der Waals surface area contributed by atoms with Gasteiger partial charge in [0.15, 0.2) is 5.78 Å². The summed E-state index contributed by atoms with van der Waals surface area (Å²) in [5, 5.41) is 10.0. The first-order valence-corrected chi connectivity index (χ1v) is 14.1. The molecule has 1 N–H and O–H groups in total. The highest BCUT2D eigenvalue weighted by Gasteiger charge is 2.70. The minimum Gasteiger partial charge on any atom is -0.515 e. The third kappa shape index (κ3) is 2.82. The lowest BCUT2D eigenvalue weighted by atomic mass is 9.32. The molecular weight excluding hydrogens is 404 g/mol. The zero-order valence-electron chi connectivity index (χ0n) is 22.8. The molecule has 0 saturated heterocycles. The Bertz CT molecular complexity index is 868. The highest BCUT2D eigenvalue weighted by molar-refractivity contribution is 6.00. The molecule has 0 aromatic rings. The van der Waals surface area contributed by atoms with Crippen LogP contribution in [0.5, 0.6) is 0 Å². The quantitative estimate of drug-likeness (QED) is 0.319. The predicted octanol–water partition coefficient (Wildman–Crippen LogP) is 8.36. The van der Waals surface area contributed by atoms with E-state index in [2.05, 4.69) is 55.4 Å². The van der Waals surface area contributed by atoms with Crippen LogP contribution in [0.25, 0.3) is 0 Å². The molecule has 0 heterocycles. The fraction of sp³-hybridized carbons (Fsp3) is 0.903. The predicted molar refractivity (Wildman–Crippen MR) is 136 cm³/mol. The molecule has 0 aromatic heterocycles. The molecule has 5 saturated carbocycles. The van der Waals surface area contributed by atoms with Crippen LogP contribution >= 0.6 is 0 Å². The minimum atomic E-state index is -0.375. The summed E-state index contributed by atoms with van der Waals surface area (Å²) >= 11 is 0. The van der Waals surface area contributed by atoms with Gasteiger partial charge in [-0.05, 0) is 115 Å². The summed E-state index contributed by atoms with van der Waals surface area (Å²) < 4.78 is 0. The zero-order valence-corrected chi connectivity index (χ0v) is 22.8. The first-order chi connectivity index (χ1) is 15.3. The van der Waals surface area contributed by atoms with E-state index >= 15 is 0 Å².